The lowest BCUT2D eigenvalue weighted by Gasteiger charge is -2.13. The number of carbonyl (C=O) groups excluding carboxylic acids is 1. The summed E-state index contributed by atoms with van der Waals surface area (Å²) in [5.74, 6) is -0.438. The van der Waals surface area contributed by atoms with Crippen molar-refractivity contribution in [2.24, 2.45) is 13.0 Å². The zero-order chi connectivity index (χ0) is 26.6. The van der Waals surface area contributed by atoms with Crippen LogP contribution in [-0.4, -0.2) is 35.0 Å². The number of aryl methyl sites for hydroxylation is 1. The standard InChI is InChI=1S/C28H22N4O4S2/c1-29-27-20(11-12-37-27)25-19-9-4-5-10-23(19)32(38(34,35)24-15-31(2)16-30-24)26(25)18-8-6-7-17(13-18)21-14-22(21)28(33)36-3/h4-13,15-16,21-22H,14H2,2-3H3. The average Bonchev–Trinajstić information content (AvgIpc) is 3.23. The summed E-state index contributed by atoms with van der Waals surface area (Å²) < 4.78 is 36.2. The number of rotatable bonds is 6. The highest BCUT2D eigenvalue weighted by atomic mass is 32.2. The third kappa shape index (κ3) is 3.74. The molecular formula is C28H22N4O4S2. The van der Waals surface area contributed by atoms with E-state index in [1.165, 1.54) is 34.9 Å². The Morgan fingerprint density at radius 2 is 2.00 bits per heavy atom. The molecule has 10 heteroatoms. The first kappa shape index (κ1) is 24.2. The molecule has 3 heterocycles. The number of fused-ring (bicyclic) bond motifs is 1. The van der Waals surface area contributed by atoms with Crippen molar-refractivity contribution in [2.45, 2.75) is 17.4 Å². The second kappa shape index (κ2) is 8.97. The van der Waals surface area contributed by atoms with E-state index in [4.69, 9.17) is 11.3 Å². The van der Waals surface area contributed by atoms with Crippen molar-refractivity contribution < 1.29 is 17.9 Å². The highest BCUT2D eigenvalue weighted by Crippen LogP contribution is 2.51. The number of benzene rings is 2. The van der Waals surface area contributed by atoms with E-state index in [0.29, 0.717) is 39.3 Å². The summed E-state index contributed by atoms with van der Waals surface area (Å²) >= 11 is 1.32. The van der Waals surface area contributed by atoms with E-state index in [9.17, 15) is 13.2 Å². The molecule has 0 N–H and O–H groups in total. The monoisotopic (exact) mass is 542 g/mol. The van der Waals surface area contributed by atoms with Gasteiger partial charge in [0.1, 0.15) is 0 Å². The quantitative estimate of drug-likeness (QED) is 0.199. The van der Waals surface area contributed by atoms with Crippen molar-refractivity contribution in [3.63, 3.8) is 0 Å². The third-order valence-electron chi connectivity index (χ3n) is 6.92. The van der Waals surface area contributed by atoms with Crippen LogP contribution in [0.15, 0.2) is 77.5 Å². The van der Waals surface area contributed by atoms with E-state index >= 15 is 0 Å². The summed E-state index contributed by atoms with van der Waals surface area (Å²) in [6, 6.07) is 16.8. The molecule has 0 aliphatic heterocycles. The van der Waals surface area contributed by atoms with Crippen molar-refractivity contribution in [1.82, 2.24) is 13.5 Å². The molecule has 2 unspecified atom stereocenters. The van der Waals surface area contributed by atoms with Crippen LogP contribution in [0.4, 0.5) is 5.00 Å². The van der Waals surface area contributed by atoms with Gasteiger partial charge in [-0.25, -0.2) is 13.8 Å². The zero-order valence-electron chi connectivity index (χ0n) is 20.5. The van der Waals surface area contributed by atoms with Gasteiger partial charge in [0.25, 0.3) is 10.0 Å². The van der Waals surface area contributed by atoms with Crippen molar-refractivity contribution in [2.75, 3.05) is 7.11 Å². The molecule has 2 atom stereocenters. The number of thiophene rings is 1. The van der Waals surface area contributed by atoms with Crippen LogP contribution in [0.5, 0.6) is 0 Å². The van der Waals surface area contributed by atoms with E-state index in [1.807, 2.05) is 47.8 Å². The maximum Gasteiger partial charge on any atom is 0.309 e. The van der Waals surface area contributed by atoms with Gasteiger partial charge in [-0.05, 0) is 35.4 Å². The van der Waals surface area contributed by atoms with Crippen molar-refractivity contribution in [3.05, 3.63) is 89.5 Å². The molecule has 1 fully saturated rings. The van der Waals surface area contributed by atoms with Gasteiger partial charge in [-0.3, -0.25) is 4.79 Å². The van der Waals surface area contributed by atoms with E-state index in [0.717, 1.165) is 10.9 Å². The number of methoxy groups -OCH3 is 1. The number of nitrogens with zero attached hydrogens (tertiary/aromatic N) is 4. The number of esters is 1. The molecule has 38 heavy (non-hydrogen) atoms. The molecular weight excluding hydrogens is 520 g/mol. The van der Waals surface area contributed by atoms with E-state index in [2.05, 4.69) is 9.83 Å². The fourth-order valence-electron chi connectivity index (χ4n) is 5.08. The highest BCUT2D eigenvalue weighted by Gasteiger charge is 2.45. The van der Waals surface area contributed by atoms with Gasteiger partial charge in [0, 0.05) is 35.3 Å². The van der Waals surface area contributed by atoms with Gasteiger partial charge >= 0.3 is 5.97 Å². The van der Waals surface area contributed by atoms with Gasteiger partial charge in [-0.2, -0.15) is 19.8 Å². The highest BCUT2D eigenvalue weighted by molar-refractivity contribution is 7.90. The van der Waals surface area contributed by atoms with E-state index < -0.39 is 10.0 Å². The number of carbonyl (C=O) groups is 1. The average molecular weight is 543 g/mol. The molecule has 0 bridgehead atoms. The third-order valence-corrected chi connectivity index (χ3v) is 9.32. The molecule has 2 aromatic carbocycles. The SMILES string of the molecule is [C-]#[N+]c1sccc1-c1c(-c2cccc(C3CC3C(=O)OC)c2)n(S(=O)(=O)c2cn(C)cn2)c2ccccc12. The van der Waals surface area contributed by atoms with Crippen LogP contribution in [0.3, 0.4) is 0 Å². The maximum absolute atomic E-state index is 14.2. The Morgan fingerprint density at radius 3 is 2.74 bits per heavy atom. The smallest absolute Gasteiger partial charge is 0.309 e. The number of ether oxygens (including phenoxy) is 1. The van der Waals surface area contributed by atoms with Gasteiger partial charge in [0.2, 0.25) is 5.00 Å². The second-order valence-corrected chi connectivity index (χ2v) is 11.9. The maximum atomic E-state index is 14.2. The Labute approximate surface area is 223 Å². The van der Waals surface area contributed by atoms with Gasteiger partial charge in [0.05, 0.1) is 37.1 Å². The molecule has 3 aromatic heterocycles. The fraction of sp³-hybridized carbons (Fsp3) is 0.179. The number of aromatic nitrogens is 3. The number of imidazole rings is 1. The van der Waals surface area contributed by atoms with E-state index in [-0.39, 0.29) is 22.8 Å². The molecule has 6 rings (SSSR count). The Kier molecular flexibility index (Phi) is 5.70. The lowest BCUT2D eigenvalue weighted by molar-refractivity contribution is -0.142. The summed E-state index contributed by atoms with van der Waals surface area (Å²) in [7, 11) is -1.02. The van der Waals surface area contributed by atoms with Crippen molar-refractivity contribution >= 4 is 43.2 Å². The zero-order valence-corrected chi connectivity index (χ0v) is 22.2. The molecule has 8 nitrogen and oxygen atoms in total. The topological polar surface area (TPSA) is 87.5 Å². The van der Waals surface area contributed by atoms with Crippen LogP contribution in [0.25, 0.3) is 38.1 Å². The number of para-hydroxylation sites is 1. The Hall–Kier alpha value is -4.20. The molecule has 0 radical (unpaired) electrons. The number of hydrogen-bond acceptors (Lipinski definition) is 6. The first-order valence-electron chi connectivity index (χ1n) is 11.9. The molecule has 0 saturated heterocycles. The van der Waals surface area contributed by atoms with Gasteiger partial charge < -0.3 is 9.30 Å². The Morgan fingerprint density at radius 1 is 1.18 bits per heavy atom. The number of hydrogen-bond donors (Lipinski definition) is 0. The van der Waals surface area contributed by atoms with Crippen LogP contribution in [-0.2, 0) is 26.6 Å². The molecule has 1 saturated carbocycles. The first-order valence-corrected chi connectivity index (χ1v) is 14.2. The van der Waals surface area contributed by atoms with Gasteiger partial charge in [-0.1, -0.05) is 42.5 Å². The normalized spacial score (nSPS) is 16.9. The summed E-state index contributed by atoms with van der Waals surface area (Å²) in [6.07, 6.45) is 3.62. The molecule has 0 spiro atoms. The minimum absolute atomic E-state index is 0.0102. The molecule has 1 aliphatic rings. The van der Waals surface area contributed by atoms with Gasteiger partial charge in [-0.15, -0.1) is 0 Å². The summed E-state index contributed by atoms with van der Waals surface area (Å²) in [5.41, 5.74) is 3.91. The minimum Gasteiger partial charge on any atom is -0.469 e. The fourth-order valence-corrected chi connectivity index (χ4v) is 7.29. The predicted molar refractivity (Wildman–Crippen MR) is 146 cm³/mol. The Bertz CT molecular complexity index is 1870. The summed E-state index contributed by atoms with van der Waals surface area (Å²) in [4.78, 5) is 20.0. The largest absolute Gasteiger partial charge is 0.469 e. The first-order chi connectivity index (χ1) is 18.3. The Balaban J connectivity index is 1.67. The van der Waals surface area contributed by atoms with Crippen LogP contribution < -0.4 is 0 Å². The van der Waals surface area contributed by atoms with Crippen LogP contribution in [0.2, 0.25) is 0 Å². The van der Waals surface area contributed by atoms with Crippen LogP contribution >= 0.6 is 11.3 Å². The van der Waals surface area contributed by atoms with Crippen molar-refractivity contribution in [3.8, 4) is 22.4 Å². The van der Waals surface area contributed by atoms with E-state index in [1.54, 1.807) is 23.7 Å². The molecule has 5 aromatic rings. The van der Waals surface area contributed by atoms with Crippen LogP contribution in [0.1, 0.15) is 17.9 Å². The lowest BCUT2D eigenvalue weighted by atomic mass is 9.97. The summed E-state index contributed by atoms with van der Waals surface area (Å²) in [5, 5.41) is 2.96. The predicted octanol–water partition coefficient (Wildman–Crippen LogP) is 5.83. The van der Waals surface area contributed by atoms with Gasteiger partial charge in [0.15, 0.2) is 5.03 Å². The molecule has 190 valence electrons. The summed E-state index contributed by atoms with van der Waals surface area (Å²) in [6.45, 7) is 7.73. The van der Waals surface area contributed by atoms with Crippen molar-refractivity contribution in [1.29, 1.82) is 0 Å². The minimum atomic E-state index is -4.12. The lowest BCUT2D eigenvalue weighted by Crippen LogP contribution is -2.15. The molecule has 0 amide bonds. The van der Waals surface area contributed by atoms with Crippen LogP contribution in [0, 0.1) is 12.5 Å². The molecule has 1 aliphatic carbocycles. The second-order valence-electron chi connectivity index (χ2n) is 9.24.